The lowest BCUT2D eigenvalue weighted by Crippen LogP contribution is -2.16. The van der Waals surface area contributed by atoms with Crippen molar-refractivity contribution in [3.63, 3.8) is 0 Å². The first kappa shape index (κ1) is 22.3. The maximum atomic E-state index is 12.5. The fourth-order valence-corrected chi connectivity index (χ4v) is 4.60. The smallest absolute Gasteiger partial charge is 0.341 e. The summed E-state index contributed by atoms with van der Waals surface area (Å²) in [6.07, 6.45) is 0. The van der Waals surface area contributed by atoms with Crippen molar-refractivity contribution in [3.05, 3.63) is 45.8 Å². The first-order valence-electron chi connectivity index (χ1n) is 9.32. The first-order valence-corrected chi connectivity index (χ1v) is 11.5. The summed E-state index contributed by atoms with van der Waals surface area (Å²) >= 11 is 8.59. The molecule has 0 aliphatic rings. The number of nitrogens with one attached hydrogen (secondary N) is 1. The van der Waals surface area contributed by atoms with E-state index in [1.807, 2.05) is 30.5 Å². The Morgan fingerprint density at radius 2 is 1.97 bits per heavy atom. The van der Waals surface area contributed by atoms with Crippen LogP contribution in [0.1, 0.15) is 29.1 Å². The van der Waals surface area contributed by atoms with Gasteiger partial charge in [-0.1, -0.05) is 23.4 Å². The SMILES string of the molecule is CCOC(=O)c1cc(C)sc1NC(=O)CSc1nnc(-c2ccc(Cl)cc2)n1CC. The van der Waals surface area contributed by atoms with Crippen LogP contribution in [0.2, 0.25) is 5.02 Å². The number of nitrogens with zero attached hydrogens (tertiary/aromatic N) is 3. The summed E-state index contributed by atoms with van der Waals surface area (Å²) in [5.41, 5.74) is 1.28. The van der Waals surface area contributed by atoms with Gasteiger partial charge in [-0.15, -0.1) is 21.5 Å². The Bertz CT molecular complexity index is 1050. The molecule has 30 heavy (non-hydrogen) atoms. The minimum Gasteiger partial charge on any atom is -0.462 e. The van der Waals surface area contributed by atoms with Gasteiger partial charge < -0.3 is 14.6 Å². The molecule has 0 fully saturated rings. The fraction of sp³-hybridized carbons (Fsp3) is 0.300. The van der Waals surface area contributed by atoms with Crippen LogP contribution in [0, 0.1) is 6.92 Å². The highest BCUT2D eigenvalue weighted by molar-refractivity contribution is 7.99. The van der Waals surface area contributed by atoms with Crippen molar-refractivity contribution in [2.45, 2.75) is 32.5 Å². The molecule has 1 aromatic carbocycles. The fourth-order valence-electron chi connectivity index (χ4n) is 2.75. The van der Waals surface area contributed by atoms with Gasteiger partial charge in [0.2, 0.25) is 5.91 Å². The Balaban J connectivity index is 1.69. The van der Waals surface area contributed by atoms with E-state index in [0.29, 0.717) is 27.3 Å². The standard InChI is InChI=1S/C20H21ClN4O3S2/c1-4-25-17(13-6-8-14(21)9-7-13)23-24-20(25)29-11-16(26)22-18-15(10-12(3)30-18)19(27)28-5-2/h6-10H,4-5,11H2,1-3H3,(H,22,26). The number of carbonyl (C=O) groups excluding carboxylic acids is 2. The minimum absolute atomic E-state index is 0.137. The van der Waals surface area contributed by atoms with E-state index < -0.39 is 5.97 Å². The molecule has 0 spiro atoms. The van der Waals surface area contributed by atoms with Gasteiger partial charge in [0.25, 0.3) is 0 Å². The molecule has 1 amide bonds. The third-order valence-electron chi connectivity index (χ3n) is 4.07. The van der Waals surface area contributed by atoms with Gasteiger partial charge in [-0.25, -0.2) is 4.79 Å². The van der Waals surface area contributed by atoms with Gasteiger partial charge in [-0.2, -0.15) is 0 Å². The summed E-state index contributed by atoms with van der Waals surface area (Å²) in [6, 6.07) is 9.09. The molecule has 2 aromatic heterocycles. The second-order valence-electron chi connectivity index (χ2n) is 6.21. The van der Waals surface area contributed by atoms with E-state index in [-0.39, 0.29) is 18.3 Å². The molecule has 0 saturated heterocycles. The molecule has 3 rings (SSSR count). The Morgan fingerprint density at radius 1 is 1.23 bits per heavy atom. The molecule has 0 aliphatic carbocycles. The van der Waals surface area contributed by atoms with Crippen molar-refractivity contribution in [3.8, 4) is 11.4 Å². The zero-order chi connectivity index (χ0) is 21.7. The van der Waals surface area contributed by atoms with Gasteiger partial charge in [0.15, 0.2) is 11.0 Å². The Morgan fingerprint density at radius 3 is 2.63 bits per heavy atom. The molecule has 1 N–H and O–H groups in total. The predicted molar refractivity (Wildman–Crippen MR) is 121 cm³/mol. The summed E-state index contributed by atoms with van der Waals surface area (Å²) in [5.74, 6) is 0.183. The van der Waals surface area contributed by atoms with E-state index >= 15 is 0 Å². The number of aryl methyl sites for hydroxylation is 1. The van der Waals surface area contributed by atoms with Crippen LogP contribution in [0.3, 0.4) is 0 Å². The predicted octanol–water partition coefficient (Wildman–Crippen LogP) is 4.90. The van der Waals surface area contributed by atoms with Crippen molar-refractivity contribution >= 4 is 51.6 Å². The number of ether oxygens (including phenoxy) is 1. The van der Waals surface area contributed by atoms with Gasteiger partial charge in [-0.3, -0.25) is 4.79 Å². The summed E-state index contributed by atoms with van der Waals surface area (Å²) in [6.45, 7) is 6.55. The van der Waals surface area contributed by atoms with E-state index in [0.717, 1.165) is 16.3 Å². The lowest BCUT2D eigenvalue weighted by Gasteiger charge is -2.08. The lowest BCUT2D eigenvalue weighted by molar-refractivity contribution is -0.113. The van der Waals surface area contributed by atoms with Gasteiger partial charge in [0, 0.05) is 22.0 Å². The van der Waals surface area contributed by atoms with Crippen molar-refractivity contribution in [2.75, 3.05) is 17.7 Å². The van der Waals surface area contributed by atoms with Crippen molar-refractivity contribution in [1.82, 2.24) is 14.8 Å². The van der Waals surface area contributed by atoms with Crippen molar-refractivity contribution in [2.24, 2.45) is 0 Å². The Hall–Kier alpha value is -2.36. The molecule has 0 atom stereocenters. The summed E-state index contributed by atoms with van der Waals surface area (Å²) in [7, 11) is 0. The molecule has 7 nitrogen and oxygen atoms in total. The minimum atomic E-state index is -0.442. The number of thioether (sulfide) groups is 1. The number of rotatable bonds is 8. The third kappa shape index (κ3) is 5.21. The molecule has 0 unspecified atom stereocenters. The van der Waals surface area contributed by atoms with Crippen LogP contribution in [0.15, 0.2) is 35.5 Å². The monoisotopic (exact) mass is 464 g/mol. The largest absolute Gasteiger partial charge is 0.462 e. The molecule has 158 valence electrons. The normalized spacial score (nSPS) is 10.8. The molecule has 2 heterocycles. The number of benzene rings is 1. The van der Waals surface area contributed by atoms with Crippen LogP contribution in [-0.2, 0) is 16.1 Å². The van der Waals surface area contributed by atoms with Gasteiger partial charge in [-0.05, 0) is 51.1 Å². The number of carbonyl (C=O) groups is 2. The number of hydrogen-bond donors (Lipinski definition) is 1. The van der Waals surface area contributed by atoms with Gasteiger partial charge in [0.1, 0.15) is 5.00 Å². The van der Waals surface area contributed by atoms with E-state index in [9.17, 15) is 9.59 Å². The molecule has 0 radical (unpaired) electrons. The van der Waals surface area contributed by atoms with Crippen molar-refractivity contribution in [1.29, 1.82) is 0 Å². The zero-order valence-corrected chi connectivity index (χ0v) is 19.2. The molecule has 0 bridgehead atoms. The summed E-state index contributed by atoms with van der Waals surface area (Å²) in [4.78, 5) is 25.5. The van der Waals surface area contributed by atoms with Crippen LogP contribution in [0.5, 0.6) is 0 Å². The molecule has 3 aromatic rings. The zero-order valence-electron chi connectivity index (χ0n) is 16.8. The maximum Gasteiger partial charge on any atom is 0.341 e. The number of aromatic nitrogens is 3. The van der Waals surface area contributed by atoms with Crippen LogP contribution in [0.25, 0.3) is 11.4 Å². The number of thiophene rings is 1. The molecule has 10 heteroatoms. The van der Waals surface area contributed by atoms with E-state index in [1.165, 1.54) is 23.1 Å². The number of halogens is 1. The molecular formula is C20H21ClN4O3S2. The third-order valence-corrected chi connectivity index (χ3v) is 6.26. The van der Waals surface area contributed by atoms with E-state index in [1.54, 1.807) is 25.1 Å². The Kier molecular flexibility index (Phi) is 7.52. The number of esters is 1. The lowest BCUT2D eigenvalue weighted by atomic mass is 10.2. The second-order valence-corrected chi connectivity index (χ2v) is 8.85. The molecule has 0 aliphatic heterocycles. The van der Waals surface area contributed by atoms with Crippen molar-refractivity contribution < 1.29 is 14.3 Å². The average Bonchev–Trinajstić information content (AvgIpc) is 3.30. The molecular weight excluding hydrogens is 444 g/mol. The summed E-state index contributed by atoms with van der Waals surface area (Å²) in [5, 5.41) is 13.1. The van der Waals surface area contributed by atoms with E-state index in [4.69, 9.17) is 16.3 Å². The number of amides is 1. The number of anilines is 1. The number of hydrogen-bond acceptors (Lipinski definition) is 7. The van der Waals surface area contributed by atoms with E-state index in [2.05, 4.69) is 15.5 Å². The van der Waals surface area contributed by atoms with Crippen LogP contribution in [-0.4, -0.2) is 39.0 Å². The Labute approximate surface area is 187 Å². The second kappa shape index (κ2) is 10.1. The topological polar surface area (TPSA) is 86.1 Å². The van der Waals surface area contributed by atoms with Gasteiger partial charge in [0.05, 0.1) is 17.9 Å². The quantitative estimate of drug-likeness (QED) is 0.377. The maximum absolute atomic E-state index is 12.5. The van der Waals surface area contributed by atoms with Crippen LogP contribution < -0.4 is 5.32 Å². The highest BCUT2D eigenvalue weighted by Crippen LogP contribution is 2.29. The average molecular weight is 465 g/mol. The molecule has 0 saturated carbocycles. The highest BCUT2D eigenvalue weighted by Gasteiger charge is 2.19. The van der Waals surface area contributed by atoms with Crippen LogP contribution in [0.4, 0.5) is 5.00 Å². The highest BCUT2D eigenvalue weighted by atomic mass is 35.5. The summed E-state index contributed by atoms with van der Waals surface area (Å²) < 4.78 is 7.00. The van der Waals surface area contributed by atoms with Crippen LogP contribution >= 0.6 is 34.7 Å². The van der Waals surface area contributed by atoms with Gasteiger partial charge >= 0.3 is 5.97 Å². The first-order chi connectivity index (χ1) is 14.4.